The molecule has 14 heavy (non-hydrogen) atoms. The molecule has 76 valence electrons. The summed E-state index contributed by atoms with van der Waals surface area (Å²) in [5.74, 6) is 0. The molecule has 0 aliphatic rings. The number of aromatic nitrogens is 2. The zero-order valence-corrected chi connectivity index (χ0v) is 8.74. The molecule has 1 rings (SSSR count). The largest absolute Gasteiger partial charge is 0.330 e. The van der Waals surface area contributed by atoms with Crippen LogP contribution in [0, 0.1) is 6.92 Å². The van der Waals surface area contributed by atoms with Gasteiger partial charge in [0, 0.05) is 33.1 Å². The van der Waals surface area contributed by atoms with Crippen LogP contribution in [0.25, 0.3) is 0 Å². The van der Waals surface area contributed by atoms with Gasteiger partial charge in [0.15, 0.2) is 0 Å². The Morgan fingerprint density at radius 1 is 1.21 bits per heavy atom. The number of aliphatic imine (C=N–C) groups is 1. The van der Waals surface area contributed by atoms with E-state index in [0.29, 0.717) is 11.3 Å². The Balaban J connectivity index is 3.78. The molecule has 1 aromatic rings. The standard InChI is InChI=1S/C9H13N3O2/c1-6-7(5-10-2)8(13)12(4)9(14)11(6)3/h5H,1-4H3. The van der Waals surface area contributed by atoms with Crippen molar-refractivity contribution < 1.29 is 0 Å². The van der Waals surface area contributed by atoms with Gasteiger partial charge in [-0.05, 0) is 6.92 Å². The van der Waals surface area contributed by atoms with Gasteiger partial charge in [0.05, 0.1) is 5.56 Å². The molecule has 0 unspecified atom stereocenters. The second-order valence-electron chi connectivity index (χ2n) is 3.09. The maximum Gasteiger partial charge on any atom is 0.330 e. The minimum Gasteiger partial charge on any atom is -0.300 e. The van der Waals surface area contributed by atoms with Crippen LogP contribution in [0.1, 0.15) is 11.3 Å². The van der Waals surface area contributed by atoms with E-state index in [1.807, 2.05) is 0 Å². The number of hydrogen-bond donors (Lipinski definition) is 0. The van der Waals surface area contributed by atoms with E-state index in [4.69, 9.17) is 0 Å². The Bertz CT molecular complexity index is 494. The normalized spacial score (nSPS) is 11.1. The molecule has 0 aromatic carbocycles. The van der Waals surface area contributed by atoms with E-state index in [1.54, 1.807) is 21.0 Å². The highest BCUT2D eigenvalue weighted by atomic mass is 16.2. The zero-order chi connectivity index (χ0) is 10.9. The molecule has 0 fully saturated rings. The van der Waals surface area contributed by atoms with Crippen LogP contribution >= 0.6 is 0 Å². The molecular formula is C9H13N3O2. The van der Waals surface area contributed by atoms with Crippen LogP contribution in [0.5, 0.6) is 0 Å². The van der Waals surface area contributed by atoms with Gasteiger partial charge in [-0.25, -0.2) is 4.79 Å². The first-order valence-corrected chi connectivity index (χ1v) is 4.19. The van der Waals surface area contributed by atoms with Gasteiger partial charge in [-0.2, -0.15) is 0 Å². The van der Waals surface area contributed by atoms with Gasteiger partial charge in [-0.3, -0.25) is 14.4 Å². The number of rotatable bonds is 1. The SMILES string of the molecule is CN=Cc1c(C)n(C)c(=O)n(C)c1=O. The molecule has 1 aromatic heterocycles. The van der Waals surface area contributed by atoms with Crippen LogP contribution in [0.3, 0.4) is 0 Å². The Labute approximate surface area is 81.3 Å². The van der Waals surface area contributed by atoms with E-state index in [0.717, 1.165) is 4.57 Å². The second-order valence-corrected chi connectivity index (χ2v) is 3.09. The average Bonchev–Trinajstić information content (AvgIpc) is 2.19. The lowest BCUT2D eigenvalue weighted by Crippen LogP contribution is -2.40. The van der Waals surface area contributed by atoms with Crippen molar-refractivity contribution in [1.82, 2.24) is 9.13 Å². The summed E-state index contributed by atoms with van der Waals surface area (Å²) in [6.45, 7) is 1.72. The van der Waals surface area contributed by atoms with Crippen LogP contribution in [-0.2, 0) is 14.1 Å². The fraction of sp³-hybridized carbons (Fsp3) is 0.444. The van der Waals surface area contributed by atoms with Gasteiger partial charge in [0.1, 0.15) is 0 Å². The molecule has 0 radical (unpaired) electrons. The quantitative estimate of drug-likeness (QED) is 0.564. The Morgan fingerprint density at radius 2 is 1.79 bits per heavy atom. The smallest absolute Gasteiger partial charge is 0.300 e. The molecule has 0 saturated carbocycles. The first-order chi connectivity index (χ1) is 6.50. The van der Waals surface area contributed by atoms with E-state index in [1.165, 1.54) is 17.8 Å². The zero-order valence-electron chi connectivity index (χ0n) is 8.74. The van der Waals surface area contributed by atoms with Gasteiger partial charge in [-0.1, -0.05) is 0 Å². The van der Waals surface area contributed by atoms with Crippen molar-refractivity contribution in [3.63, 3.8) is 0 Å². The molecule has 0 spiro atoms. The predicted octanol–water partition coefficient (Wildman–Crippen LogP) is -0.559. The minimum absolute atomic E-state index is 0.309. The molecule has 0 N–H and O–H groups in total. The van der Waals surface area contributed by atoms with Crippen LogP contribution < -0.4 is 11.2 Å². The lowest BCUT2D eigenvalue weighted by atomic mass is 10.2. The third-order valence-corrected chi connectivity index (χ3v) is 2.26. The highest BCUT2D eigenvalue weighted by Crippen LogP contribution is 1.94. The summed E-state index contributed by atoms with van der Waals surface area (Å²) in [5, 5.41) is 0. The van der Waals surface area contributed by atoms with E-state index in [-0.39, 0.29) is 11.2 Å². The topological polar surface area (TPSA) is 56.4 Å². The van der Waals surface area contributed by atoms with Crippen molar-refractivity contribution in [2.45, 2.75) is 6.92 Å². The van der Waals surface area contributed by atoms with E-state index in [9.17, 15) is 9.59 Å². The monoisotopic (exact) mass is 195 g/mol. The second kappa shape index (κ2) is 3.61. The Hall–Kier alpha value is -1.65. The van der Waals surface area contributed by atoms with Gasteiger partial charge >= 0.3 is 5.69 Å². The van der Waals surface area contributed by atoms with E-state index in [2.05, 4.69) is 4.99 Å². The van der Waals surface area contributed by atoms with Crippen molar-refractivity contribution in [2.75, 3.05) is 7.05 Å². The minimum atomic E-state index is -0.319. The van der Waals surface area contributed by atoms with E-state index < -0.39 is 0 Å². The van der Waals surface area contributed by atoms with Gasteiger partial charge in [0.25, 0.3) is 5.56 Å². The first-order valence-electron chi connectivity index (χ1n) is 4.19. The van der Waals surface area contributed by atoms with Crippen LogP contribution in [0.2, 0.25) is 0 Å². The molecule has 0 bridgehead atoms. The van der Waals surface area contributed by atoms with Crippen LogP contribution in [-0.4, -0.2) is 22.4 Å². The molecule has 0 amide bonds. The van der Waals surface area contributed by atoms with Crippen molar-refractivity contribution >= 4 is 6.21 Å². The lowest BCUT2D eigenvalue weighted by Gasteiger charge is -2.08. The van der Waals surface area contributed by atoms with Crippen LogP contribution in [0.4, 0.5) is 0 Å². The summed E-state index contributed by atoms with van der Waals surface area (Å²) >= 11 is 0. The van der Waals surface area contributed by atoms with Crippen molar-refractivity contribution in [3.05, 3.63) is 32.1 Å². The fourth-order valence-electron chi connectivity index (χ4n) is 1.25. The van der Waals surface area contributed by atoms with Crippen LogP contribution in [0.15, 0.2) is 14.6 Å². The molecule has 1 heterocycles. The summed E-state index contributed by atoms with van der Waals surface area (Å²) in [7, 11) is 4.67. The molecule has 0 saturated heterocycles. The summed E-state index contributed by atoms with van der Waals surface area (Å²) < 4.78 is 2.50. The highest BCUT2D eigenvalue weighted by molar-refractivity contribution is 5.80. The summed E-state index contributed by atoms with van der Waals surface area (Å²) in [5.41, 5.74) is 0.456. The maximum absolute atomic E-state index is 11.6. The Kier molecular flexibility index (Phi) is 2.69. The molecule has 5 nitrogen and oxygen atoms in total. The van der Waals surface area contributed by atoms with Crippen molar-refractivity contribution in [3.8, 4) is 0 Å². The van der Waals surface area contributed by atoms with Crippen molar-refractivity contribution in [2.24, 2.45) is 19.1 Å². The molecule has 5 heteroatoms. The first kappa shape index (κ1) is 10.4. The molecular weight excluding hydrogens is 182 g/mol. The molecule has 0 atom stereocenters. The maximum atomic E-state index is 11.6. The fourth-order valence-corrected chi connectivity index (χ4v) is 1.25. The van der Waals surface area contributed by atoms with Gasteiger partial charge in [-0.15, -0.1) is 0 Å². The molecule has 0 aliphatic heterocycles. The van der Waals surface area contributed by atoms with Gasteiger partial charge < -0.3 is 4.57 Å². The van der Waals surface area contributed by atoms with E-state index >= 15 is 0 Å². The number of hydrogen-bond acceptors (Lipinski definition) is 3. The molecule has 0 aliphatic carbocycles. The lowest BCUT2D eigenvalue weighted by molar-refractivity contribution is 0.665. The predicted molar refractivity (Wildman–Crippen MR) is 55.2 cm³/mol. The third-order valence-electron chi connectivity index (χ3n) is 2.26. The number of nitrogens with zero attached hydrogens (tertiary/aromatic N) is 3. The summed E-state index contributed by atoms with van der Waals surface area (Å²) in [4.78, 5) is 26.8. The summed E-state index contributed by atoms with van der Waals surface area (Å²) in [6.07, 6.45) is 1.47. The average molecular weight is 195 g/mol. The highest BCUT2D eigenvalue weighted by Gasteiger charge is 2.09. The summed E-state index contributed by atoms with van der Waals surface area (Å²) in [6, 6.07) is 0. The third kappa shape index (κ3) is 1.41. The van der Waals surface area contributed by atoms with Crippen molar-refractivity contribution in [1.29, 1.82) is 0 Å². The Morgan fingerprint density at radius 3 is 2.29 bits per heavy atom. The van der Waals surface area contributed by atoms with Gasteiger partial charge in [0.2, 0.25) is 0 Å².